The van der Waals surface area contributed by atoms with Gasteiger partial charge < -0.3 is 15.4 Å². The Morgan fingerprint density at radius 1 is 1.17 bits per heavy atom. The minimum absolute atomic E-state index is 0.0120. The fraction of sp³-hybridized carbons (Fsp3) is 0.478. The zero-order valence-corrected chi connectivity index (χ0v) is 19.9. The van der Waals surface area contributed by atoms with E-state index in [1.54, 1.807) is 10.7 Å². The molecule has 2 aromatic heterocycles. The second-order valence-corrected chi connectivity index (χ2v) is 9.69. The van der Waals surface area contributed by atoms with Crippen molar-refractivity contribution in [2.75, 3.05) is 11.4 Å². The summed E-state index contributed by atoms with van der Waals surface area (Å²) in [5.41, 5.74) is 6.49. The van der Waals surface area contributed by atoms with Gasteiger partial charge in [0.1, 0.15) is 17.2 Å². The number of alkyl halides is 3. The van der Waals surface area contributed by atoms with Gasteiger partial charge in [-0.15, -0.1) is 5.10 Å². The van der Waals surface area contributed by atoms with Crippen molar-refractivity contribution < 1.29 is 17.9 Å². The lowest BCUT2D eigenvalue weighted by molar-refractivity contribution is -0.137. The van der Waals surface area contributed by atoms with Crippen LogP contribution in [-0.4, -0.2) is 37.3 Å². The van der Waals surface area contributed by atoms with Crippen LogP contribution < -0.4 is 15.4 Å². The molecule has 2 aliphatic rings. The van der Waals surface area contributed by atoms with Gasteiger partial charge >= 0.3 is 12.2 Å². The molecule has 12 heteroatoms. The number of benzene rings is 1. The smallest absolute Gasteiger partial charge is 0.416 e. The van der Waals surface area contributed by atoms with Crippen molar-refractivity contribution in [2.45, 2.75) is 51.0 Å². The molecule has 5 rings (SSSR count). The Morgan fingerprint density at radius 2 is 1.97 bits per heavy atom. The molecule has 186 valence electrons. The van der Waals surface area contributed by atoms with E-state index in [-0.39, 0.29) is 41.7 Å². The first-order valence-corrected chi connectivity index (χ1v) is 11.8. The lowest BCUT2D eigenvalue weighted by atomic mass is 9.84. The third-order valence-corrected chi connectivity index (χ3v) is 6.95. The average molecular weight is 508 g/mol. The molecule has 1 saturated carbocycles. The Kier molecular flexibility index (Phi) is 6.08. The molecule has 4 unspecified atom stereocenters. The van der Waals surface area contributed by atoms with Gasteiger partial charge in [0.2, 0.25) is 5.95 Å². The molecule has 1 aromatic carbocycles. The molecule has 4 atom stereocenters. The first-order valence-electron chi connectivity index (χ1n) is 11.4. The summed E-state index contributed by atoms with van der Waals surface area (Å²) in [6.45, 7) is 4.42. The van der Waals surface area contributed by atoms with E-state index in [0.717, 1.165) is 30.7 Å². The number of aromatic nitrogens is 5. The highest BCUT2D eigenvalue weighted by Crippen LogP contribution is 2.48. The van der Waals surface area contributed by atoms with Crippen LogP contribution in [0, 0.1) is 11.8 Å². The third-order valence-electron chi connectivity index (χ3n) is 6.75. The zero-order chi connectivity index (χ0) is 24.9. The topological polar surface area (TPSA) is 95.0 Å². The number of nitrogens with two attached hydrogens (primary N) is 1. The first kappa shape index (κ1) is 23.8. The minimum Gasteiger partial charge on any atom is -0.424 e. The lowest BCUT2D eigenvalue weighted by Crippen LogP contribution is -2.51. The standard InChI is InChI=1S/C23H25ClF3N7O/c1-12(2)34-22(35-15-5-3-4-14(8-15)23(25,26)27)31-21(32-34)33-10-13-6-7-16(19(13)28)20(33)17-9-18(24)30-11-29-17/h3-5,8-9,11-13,16,19-20H,6-7,10,28H2,1-2H3. The Hall–Kier alpha value is -2.92. The molecule has 1 aliphatic heterocycles. The average Bonchev–Trinajstić information content (AvgIpc) is 3.30. The molecule has 2 fully saturated rings. The maximum absolute atomic E-state index is 13.2. The van der Waals surface area contributed by atoms with Gasteiger partial charge in [-0.1, -0.05) is 17.7 Å². The van der Waals surface area contributed by atoms with E-state index in [1.807, 2.05) is 13.8 Å². The fourth-order valence-corrected chi connectivity index (χ4v) is 5.24. The maximum atomic E-state index is 13.2. The van der Waals surface area contributed by atoms with E-state index in [1.165, 1.54) is 18.5 Å². The summed E-state index contributed by atoms with van der Waals surface area (Å²) in [5.74, 6) is 0.829. The number of nitrogens with zero attached hydrogens (tertiary/aromatic N) is 6. The molecule has 35 heavy (non-hydrogen) atoms. The van der Waals surface area contributed by atoms with Gasteiger partial charge in [-0.2, -0.15) is 18.2 Å². The largest absolute Gasteiger partial charge is 0.424 e. The second kappa shape index (κ2) is 8.94. The van der Waals surface area contributed by atoms with E-state index in [2.05, 4.69) is 25.0 Å². The highest BCUT2D eigenvalue weighted by molar-refractivity contribution is 6.29. The molecule has 1 aliphatic carbocycles. The molecule has 3 heterocycles. The lowest BCUT2D eigenvalue weighted by Gasteiger charge is -2.42. The molecule has 1 saturated heterocycles. The van der Waals surface area contributed by atoms with Gasteiger partial charge in [-0.25, -0.2) is 14.6 Å². The van der Waals surface area contributed by atoms with Crippen molar-refractivity contribution in [1.29, 1.82) is 0 Å². The summed E-state index contributed by atoms with van der Waals surface area (Å²) in [7, 11) is 0. The third kappa shape index (κ3) is 4.54. The number of hydrogen-bond donors (Lipinski definition) is 1. The molecule has 0 radical (unpaired) electrons. The number of hydrogen-bond acceptors (Lipinski definition) is 7. The molecule has 0 amide bonds. The Bertz CT molecular complexity index is 1220. The summed E-state index contributed by atoms with van der Waals surface area (Å²) in [5, 5.41) is 5.02. The van der Waals surface area contributed by atoms with Crippen molar-refractivity contribution in [3.63, 3.8) is 0 Å². The predicted octanol–water partition coefficient (Wildman–Crippen LogP) is 5.03. The van der Waals surface area contributed by atoms with Crippen LogP contribution in [0.5, 0.6) is 11.8 Å². The fourth-order valence-electron chi connectivity index (χ4n) is 5.08. The van der Waals surface area contributed by atoms with Crippen LogP contribution >= 0.6 is 11.6 Å². The van der Waals surface area contributed by atoms with Crippen LogP contribution in [-0.2, 0) is 6.18 Å². The van der Waals surface area contributed by atoms with E-state index >= 15 is 0 Å². The van der Waals surface area contributed by atoms with Crippen molar-refractivity contribution in [1.82, 2.24) is 24.7 Å². The van der Waals surface area contributed by atoms with E-state index in [9.17, 15) is 13.2 Å². The van der Waals surface area contributed by atoms with E-state index < -0.39 is 11.7 Å². The van der Waals surface area contributed by atoms with E-state index in [4.69, 9.17) is 22.1 Å². The predicted molar refractivity (Wildman–Crippen MR) is 123 cm³/mol. The number of halogens is 4. The summed E-state index contributed by atoms with van der Waals surface area (Å²) in [6, 6.07) is 6.19. The molecule has 3 aromatic rings. The first-order chi connectivity index (χ1) is 16.6. The van der Waals surface area contributed by atoms with Gasteiger partial charge in [0.15, 0.2) is 0 Å². The van der Waals surface area contributed by atoms with Crippen LogP contribution in [0.15, 0.2) is 36.7 Å². The molecule has 0 spiro atoms. The highest BCUT2D eigenvalue weighted by atomic mass is 35.5. The summed E-state index contributed by atoms with van der Waals surface area (Å²) >= 11 is 6.17. The summed E-state index contributed by atoms with van der Waals surface area (Å²) in [4.78, 5) is 15.1. The Morgan fingerprint density at radius 3 is 2.69 bits per heavy atom. The molecule has 2 bridgehead atoms. The Labute approximate surface area is 205 Å². The quantitative estimate of drug-likeness (QED) is 0.484. The van der Waals surface area contributed by atoms with Gasteiger partial charge in [0.05, 0.1) is 23.3 Å². The molecular formula is C23H25ClF3N7O. The molecule has 2 N–H and O–H groups in total. The van der Waals surface area contributed by atoms with Crippen molar-refractivity contribution >= 4 is 17.5 Å². The SMILES string of the molecule is CC(C)n1nc(N2CC3CCC(C3N)C2c2cc(Cl)ncn2)nc1Oc1cccc(C(F)(F)F)c1. The second-order valence-electron chi connectivity index (χ2n) is 9.30. The number of ether oxygens (including phenoxy) is 1. The number of fused-ring (bicyclic) bond motifs is 2. The molecular weight excluding hydrogens is 483 g/mol. The van der Waals surface area contributed by atoms with Crippen molar-refractivity contribution in [3.8, 4) is 11.8 Å². The van der Waals surface area contributed by atoms with Crippen LogP contribution in [0.3, 0.4) is 0 Å². The monoisotopic (exact) mass is 507 g/mol. The maximum Gasteiger partial charge on any atom is 0.416 e. The van der Waals surface area contributed by atoms with Crippen LogP contribution in [0.25, 0.3) is 0 Å². The summed E-state index contributed by atoms with van der Waals surface area (Å²) < 4.78 is 46.9. The van der Waals surface area contributed by atoms with Crippen molar-refractivity contribution in [3.05, 3.63) is 53.1 Å². The number of rotatable bonds is 5. The minimum atomic E-state index is -4.48. The van der Waals surface area contributed by atoms with Crippen LogP contribution in [0.2, 0.25) is 5.15 Å². The van der Waals surface area contributed by atoms with Crippen LogP contribution in [0.1, 0.15) is 50.0 Å². The Balaban J connectivity index is 1.52. The van der Waals surface area contributed by atoms with Crippen LogP contribution in [0.4, 0.5) is 19.1 Å². The highest BCUT2D eigenvalue weighted by Gasteiger charge is 2.48. The van der Waals surface area contributed by atoms with Gasteiger partial charge in [-0.05, 0) is 56.9 Å². The van der Waals surface area contributed by atoms with Gasteiger partial charge in [-0.3, -0.25) is 0 Å². The van der Waals surface area contributed by atoms with Gasteiger partial charge in [0, 0.05) is 18.5 Å². The van der Waals surface area contributed by atoms with Gasteiger partial charge in [0.25, 0.3) is 0 Å². The van der Waals surface area contributed by atoms with Crippen molar-refractivity contribution in [2.24, 2.45) is 17.6 Å². The number of anilines is 1. The normalized spacial score (nSPS) is 24.3. The zero-order valence-electron chi connectivity index (χ0n) is 19.2. The summed E-state index contributed by atoms with van der Waals surface area (Å²) in [6.07, 6.45) is -1.14. The number of piperidine rings is 1. The molecule has 8 nitrogen and oxygen atoms in total. The van der Waals surface area contributed by atoms with E-state index in [0.29, 0.717) is 17.6 Å².